The van der Waals surface area contributed by atoms with Crippen LogP contribution in [0.5, 0.6) is 11.8 Å². The highest BCUT2D eigenvalue weighted by Crippen LogP contribution is 2.31. The third-order valence-corrected chi connectivity index (χ3v) is 3.90. The maximum Gasteiger partial charge on any atom is 0.416 e. The Labute approximate surface area is 135 Å². The lowest BCUT2D eigenvalue weighted by Gasteiger charge is -2.12. The zero-order valence-corrected chi connectivity index (χ0v) is 12.5. The molecule has 24 heavy (non-hydrogen) atoms. The Morgan fingerprint density at radius 1 is 1.12 bits per heavy atom. The van der Waals surface area contributed by atoms with Crippen molar-refractivity contribution in [3.63, 3.8) is 0 Å². The molecule has 0 saturated carbocycles. The van der Waals surface area contributed by atoms with E-state index in [0.717, 1.165) is 23.2 Å². The number of nitrogens with zero attached hydrogens (tertiary/aromatic N) is 2. The number of imidazole rings is 1. The van der Waals surface area contributed by atoms with Crippen LogP contribution in [0.2, 0.25) is 0 Å². The number of aromatic nitrogens is 2. The van der Waals surface area contributed by atoms with E-state index in [1.54, 1.807) is 0 Å². The lowest BCUT2D eigenvalue weighted by molar-refractivity contribution is -0.137. The summed E-state index contributed by atoms with van der Waals surface area (Å²) in [5.74, 6) is 0.376. The maximum absolute atomic E-state index is 12.5. The van der Waals surface area contributed by atoms with E-state index >= 15 is 0 Å². The molecule has 1 aliphatic heterocycles. The predicted molar refractivity (Wildman–Crippen MR) is 81.1 cm³/mol. The maximum atomic E-state index is 12.5. The van der Waals surface area contributed by atoms with E-state index < -0.39 is 11.7 Å². The van der Waals surface area contributed by atoms with Crippen LogP contribution in [0.1, 0.15) is 5.56 Å². The van der Waals surface area contributed by atoms with Crippen molar-refractivity contribution < 1.29 is 22.6 Å². The Bertz CT molecular complexity index is 872. The molecule has 0 unspecified atom stereocenters. The molecule has 0 spiro atoms. The minimum Gasteiger partial charge on any atom is -0.490 e. The van der Waals surface area contributed by atoms with Gasteiger partial charge in [-0.25, -0.2) is 0 Å². The topological polar surface area (TPSA) is 36.3 Å². The second kappa shape index (κ2) is 5.43. The highest BCUT2D eigenvalue weighted by Gasteiger charge is 2.30. The fourth-order valence-corrected chi connectivity index (χ4v) is 2.73. The van der Waals surface area contributed by atoms with Gasteiger partial charge in [0.2, 0.25) is 0 Å². The molecule has 2 heterocycles. The highest BCUT2D eigenvalue weighted by atomic mass is 19.4. The van der Waals surface area contributed by atoms with Gasteiger partial charge in [-0.2, -0.15) is 18.2 Å². The van der Waals surface area contributed by atoms with Crippen molar-refractivity contribution in [3.05, 3.63) is 54.1 Å². The summed E-state index contributed by atoms with van der Waals surface area (Å²) in [7, 11) is 0. The number of benzene rings is 2. The third-order valence-electron chi connectivity index (χ3n) is 3.90. The lowest BCUT2D eigenvalue weighted by atomic mass is 10.2. The smallest absolute Gasteiger partial charge is 0.416 e. The molecule has 0 radical (unpaired) electrons. The summed E-state index contributed by atoms with van der Waals surface area (Å²) in [6.45, 7) is 0.833. The fourth-order valence-electron chi connectivity index (χ4n) is 2.73. The summed E-state index contributed by atoms with van der Waals surface area (Å²) in [5, 5.41) is 0. The van der Waals surface area contributed by atoms with Crippen LogP contribution in [-0.2, 0) is 12.7 Å². The summed E-state index contributed by atoms with van der Waals surface area (Å²) >= 11 is 0. The zero-order valence-electron chi connectivity index (χ0n) is 12.5. The molecule has 0 amide bonds. The van der Waals surface area contributed by atoms with Crippen LogP contribution in [0, 0.1) is 0 Å². The molecule has 0 bridgehead atoms. The number of hydrogen-bond acceptors (Lipinski definition) is 3. The Morgan fingerprint density at radius 3 is 2.62 bits per heavy atom. The summed E-state index contributed by atoms with van der Waals surface area (Å²) < 4.78 is 50.8. The van der Waals surface area contributed by atoms with Crippen molar-refractivity contribution >= 4 is 11.0 Å². The molecule has 124 valence electrons. The SMILES string of the molecule is FC(F)(F)c1ccc(OC[C@@H]2Cn3c(nc4ccccc43)O2)cc1. The number of ether oxygens (including phenoxy) is 2. The van der Waals surface area contributed by atoms with Gasteiger partial charge in [0.25, 0.3) is 6.01 Å². The van der Waals surface area contributed by atoms with Crippen molar-refractivity contribution in [3.8, 4) is 11.8 Å². The number of halogens is 3. The molecule has 0 fully saturated rings. The molecule has 4 rings (SSSR count). The molecule has 1 aromatic heterocycles. The summed E-state index contributed by atoms with van der Waals surface area (Å²) in [5.41, 5.74) is 1.16. The van der Waals surface area contributed by atoms with Crippen LogP contribution in [0.15, 0.2) is 48.5 Å². The summed E-state index contributed by atoms with van der Waals surface area (Å²) in [6, 6.07) is 12.9. The molecule has 7 heteroatoms. The van der Waals surface area contributed by atoms with Gasteiger partial charge in [-0.3, -0.25) is 4.57 Å². The van der Waals surface area contributed by atoms with E-state index in [-0.39, 0.29) is 12.7 Å². The minimum absolute atomic E-state index is 0.223. The second-order valence-electron chi connectivity index (χ2n) is 5.57. The molecular weight excluding hydrogens is 321 g/mol. The number of para-hydroxylation sites is 2. The van der Waals surface area contributed by atoms with Crippen LogP contribution >= 0.6 is 0 Å². The van der Waals surface area contributed by atoms with Crippen LogP contribution in [0.25, 0.3) is 11.0 Å². The number of fused-ring (bicyclic) bond motifs is 3. The molecule has 4 nitrogen and oxygen atoms in total. The number of alkyl halides is 3. The van der Waals surface area contributed by atoms with Gasteiger partial charge in [-0.15, -0.1) is 0 Å². The van der Waals surface area contributed by atoms with Crippen molar-refractivity contribution in [2.75, 3.05) is 6.61 Å². The Balaban J connectivity index is 1.40. The van der Waals surface area contributed by atoms with Gasteiger partial charge in [0.1, 0.15) is 12.4 Å². The first-order valence-electron chi connectivity index (χ1n) is 7.43. The Kier molecular flexibility index (Phi) is 3.37. The van der Waals surface area contributed by atoms with Gasteiger partial charge in [0.05, 0.1) is 23.1 Å². The molecular formula is C17H13F3N2O2. The average molecular weight is 334 g/mol. The summed E-state index contributed by atoms with van der Waals surface area (Å²) in [6.07, 6.45) is -4.57. The van der Waals surface area contributed by atoms with Gasteiger partial charge in [0.15, 0.2) is 6.10 Å². The third kappa shape index (κ3) is 2.66. The quantitative estimate of drug-likeness (QED) is 0.729. The standard InChI is InChI=1S/C17H13F3N2O2/c18-17(19,20)11-5-7-12(8-6-11)23-10-13-9-22-15-4-2-1-3-14(15)21-16(22)24-13/h1-8,13H,9-10H2/t13-/m0/s1. The normalized spacial score (nSPS) is 16.9. The van der Waals surface area contributed by atoms with E-state index in [1.807, 2.05) is 28.8 Å². The van der Waals surface area contributed by atoms with Crippen LogP contribution in [-0.4, -0.2) is 22.3 Å². The van der Waals surface area contributed by atoms with Gasteiger partial charge in [0, 0.05) is 0 Å². The Hall–Kier alpha value is -2.70. The van der Waals surface area contributed by atoms with Crippen LogP contribution in [0.4, 0.5) is 13.2 Å². The van der Waals surface area contributed by atoms with Gasteiger partial charge in [-0.05, 0) is 36.4 Å². The van der Waals surface area contributed by atoms with E-state index in [1.165, 1.54) is 12.1 Å². The van der Waals surface area contributed by atoms with Gasteiger partial charge < -0.3 is 9.47 Å². The zero-order chi connectivity index (χ0) is 16.7. The lowest BCUT2D eigenvalue weighted by Crippen LogP contribution is -2.23. The van der Waals surface area contributed by atoms with Crippen molar-refractivity contribution in [1.82, 2.24) is 9.55 Å². The van der Waals surface area contributed by atoms with Crippen molar-refractivity contribution in [2.45, 2.75) is 18.8 Å². The van der Waals surface area contributed by atoms with Crippen LogP contribution in [0.3, 0.4) is 0 Å². The van der Waals surface area contributed by atoms with E-state index in [4.69, 9.17) is 9.47 Å². The van der Waals surface area contributed by atoms with E-state index in [2.05, 4.69) is 4.98 Å². The predicted octanol–water partition coefficient (Wildman–Crippen LogP) is 3.90. The van der Waals surface area contributed by atoms with Crippen molar-refractivity contribution in [2.24, 2.45) is 0 Å². The van der Waals surface area contributed by atoms with Crippen molar-refractivity contribution in [1.29, 1.82) is 0 Å². The second-order valence-corrected chi connectivity index (χ2v) is 5.57. The monoisotopic (exact) mass is 334 g/mol. The first-order valence-corrected chi connectivity index (χ1v) is 7.43. The van der Waals surface area contributed by atoms with Gasteiger partial charge >= 0.3 is 6.18 Å². The molecule has 3 aromatic rings. The largest absolute Gasteiger partial charge is 0.490 e. The molecule has 0 aliphatic carbocycles. The fraction of sp³-hybridized carbons (Fsp3) is 0.235. The number of rotatable bonds is 3. The molecule has 0 N–H and O–H groups in total. The first-order chi connectivity index (χ1) is 11.5. The molecule has 1 atom stereocenters. The molecule has 1 aliphatic rings. The summed E-state index contributed by atoms with van der Waals surface area (Å²) in [4.78, 5) is 4.40. The van der Waals surface area contributed by atoms with Gasteiger partial charge in [-0.1, -0.05) is 12.1 Å². The first kappa shape index (κ1) is 14.9. The van der Waals surface area contributed by atoms with E-state index in [0.29, 0.717) is 18.3 Å². The molecule has 2 aromatic carbocycles. The number of hydrogen-bond donors (Lipinski definition) is 0. The average Bonchev–Trinajstić information content (AvgIpc) is 3.10. The molecule has 0 saturated heterocycles. The van der Waals surface area contributed by atoms with Crippen LogP contribution < -0.4 is 9.47 Å². The Morgan fingerprint density at radius 2 is 1.88 bits per heavy atom. The van der Waals surface area contributed by atoms with E-state index in [9.17, 15) is 13.2 Å². The minimum atomic E-state index is -4.34. The highest BCUT2D eigenvalue weighted by molar-refractivity contribution is 5.76.